The van der Waals surface area contributed by atoms with E-state index in [9.17, 15) is 4.79 Å². The highest BCUT2D eigenvalue weighted by Gasteiger charge is 2.55. The van der Waals surface area contributed by atoms with Gasteiger partial charge in [-0.05, 0) is 70.2 Å². The quantitative estimate of drug-likeness (QED) is 0.644. The molecule has 0 bridgehead atoms. The first kappa shape index (κ1) is 23.0. The number of pyridine rings is 1. The molecule has 1 N–H and O–H groups in total. The Bertz CT molecular complexity index is 999. The van der Waals surface area contributed by atoms with Gasteiger partial charge in [-0.1, -0.05) is 36.8 Å². The molecule has 2 heterocycles. The molecule has 1 aromatic carbocycles. The first-order valence-electron chi connectivity index (χ1n) is 12.5. The second-order valence-corrected chi connectivity index (χ2v) is 10.5. The van der Waals surface area contributed by atoms with Crippen molar-refractivity contribution in [3.63, 3.8) is 0 Å². The summed E-state index contributed by atoms with van der Waals surface area (Å²) in [5, 5.41) is 1.82. The number of carbonyl (C=O) groups excluding carboxylic acids is 1. The Morgan fingerprint density at radius 1 is 1.12 bits per heavy atom. The van der Waals surface area contributed by atoms with Crippen LogP contribution in [0.4, 0.5) is 10.5 Å². The van der Waals surface area contributed by atoms with Crippen LogP contribution < -0.4 is 10.2 Å². The lowest BCUT2D eigenvalue weighted by atomic mass is 9.68. The van der Waals surface area contributed by atoms with E-state index in [0.717, 1.165) is 37.9 Å². The summed E-state index contributed by atoms with van der Waals surface area (Å²) in [7, 11) is 6.00. The lowest BCUT2D eigenvalue weighted by Crippen LogP contribution is -2.56. The van der Waals surface area contributed by atoms with Gasteiger partial charge in [0, 0.05) is 24.3 Å². The highest BCUT2D eigenvalue weighted by molar-refractivity contribution is 5.80. The van der Waals surface area contributed by atoms with Crippen LogP contribution in [0.2, 0.25) is 0 Å². The summed E-state index contributed by atoms with van der Waals surface area (Å²) < 4.78 is 5.27. The van der Waals surface area contributed by atoms with Gasteiger partial charge in [0.2, 0.25) is 5.88 Å². The lowest BCUT2D eigenvalue weighted by molar-refractivity contribution is 0.0162. The molecule has 3 aliphatic rings. The second-order valence-electron chi connectivity index (χ2n) is 10.5. The minimum absolute atomic E-state index is 0.0109. The highest BCUT2D eigenvalue weighted by Crippen LogP contribution is 2.49. The number of amides is 2. The molecule has 0 atom stereocenters. The summed E-state index contributed by atoms with van der Waals surface area (Å²) >= 11 is 0. The van der Waals surface area contributed by atoms with Gasteiger partial charge in [-0.2, -0.15) is 0 Å². The third kappa shape index (κ3) is 4.00. The van der Waals surface area contributed by atoms with Crippen molar-refractivity contribution in [2.75, 3.05) is 39.7 Å². The molecule has 7 heteroatoms. The molecule has 1 spiro atoms. The highest BCUT2D eigenvalue weighted by atomic mass is 16.5. The van der Waals surface area contributed by atoms with Crippen molar-refractivity contribution in [2.45, 2.75) is 56.0 Å². The molecule has 2 amide bonds. The molecular weight excluding hydrogens is 426 g/mol. The van der Waals surface area contributed by atoms with Crippen LogP contribution >= 0.6 is 0 Å². The Balaban J connectivity index is 1.40. The first-order valence-corrected chi connectivity index (χ1v) is 12.5. The predicted octanol–water partition coefficient (Wildman–Crippen LogP) is 4.72. The van der Waals surface area contributed by atoms with E-state index in [4.69, 9.17) is 4.74 Å². The zero-order valence-corrected chi connectivity index (χ0v) is 20.7. The molecule has 182 valence electrons. The Labute approximate surface area is 203 Å². The molecule has 1 aromatic heterocycles. The topological polar surface area (TPSA) is 60.9 Å². The smallest absolute Gasteiger partial charge is 0.339 e. The fourth-order valence-corrected chi connectivity index (χ4v) is 6.13. The molecule has 7 nitrogen and oxygen atoms in total. The summed E-state index contributed by atoms with van der Waals surface area (Å²) in [6.07, 6.45) is 9.53. The molecule has 3 fully saturated rings. The minimum Gasteiger partial charge on any atom is -0.481 e. The summed E-state index contributed by atoms with van der Waals surface area (Å²) in [6.45, 7) is 1.57. The van der Waals surface area contributed by atoms with Gasteiger partial charge in [-0.3, -0.25) is 10.3 Å². The molecule has 2 aromatic rings. The summed E-state index contributed by atoms with van der Waals surface area (Å²) in [4.78, 5) is 22.5. The zero-order valence-electron chi connectivity index (χ0n) is 20.7. The van der Waals surface area contributed by atoms with E-state index in [1.807, 2.05) is 17.1 Å². The molecule has 2 aliphatic carbocycles. The fraction of sp³-hybridized carbons (Fsp3) is 0.556. The van der Waals surface area contributed by atoms with Crippen LogP contribution in [0, 0.1) is 5.92 Å². The number of anilines is 1. The average molecular weight is 464 g/mol. The van der Waals surface area contributed by atoms with Crippen LogP contribution in [-0.2, 0) is 5.54 Å². The van der Waals surface area contributed by atoms with E-state index in [2.05, 4.69) is 64.6 Å². The zero-order chi connectivity index (χ0) is 23.8. The SMILES string of the molecule is COc1cc(NN2CC3(CCC(c4ccccc4)(N(C)C)CC3)N(CC3CCC3)C2=O)ccn1. The largest absolute Gasteiger partial charge is 0.481 e. The molecular formula is C27H37N5O2. The van der Waals surface area contributed by atoms with E-state index in [1.165, 1.54) is 24.8 Å². The van der Waals surface area contributed by atoms with E-state index in [1.54, 1.807) is 13.3 Å². The molecule has 34 heavy (non-hydrogen) atoms. The van der Waals surface area contributed by atoms with Gasteiger partial charge in [0.15, 0.2) is 0 Å². The van der Waals surface area contributed by atoms with Gasteiger partial charge < -0.3 is 9.64 Å². The van der Waals surface area contributed by atoms with Crippen molar-refractivity contribution in [1.29, 1.82) is 0 Å². The number of hydrogen-bond donors (Lipinski definition) is 1. The number of rotatable bonds is 7. The number of ether oxygens (including phenoxy) is 1. The van der Waals surface area contributed by atoms with E-state index >= 15 is 0 Å². The van der Waals surface area contributed by atoms with E-state index in [-0.39, 0.29) is 17.1 Å². The number of hydrogen-bond acceptors (Lipinski definition) is 5. The van der Waals surface area contributed by atoms with E-state index in [0.29, 0.717) is 18.3 Å². The molecule has 5 rings (SSSR count). The van der Waals surface area contributed by atoms with Crippen LogP contribution in [0.25, 0.3) is 0 Å². The van der Waals surface area contributed by atoms with Crippen molar-refractivity contribution >= 4 is 11.7 Å². The molecule has 1 aliphatic heterocycles. The maximum atomic E-state index is 13.7. The number of carbonyl (C=O) groups is 1. The van der Waals surface area contributed by atoms with Crippen LogP contribution in [0.5, 0.6) is 5.88 Å². The number of benzene rings is 1. The molecule has 0 unspecified atom stereocenters. The van der Waals surface area contributed by atoms with E-state index < -0.39 is 0 Å². The maximum Gasteiger partial charge on any atom is 0.339 e. The van der Waals surface area contributed by atoms with Crippen LogP contribution in [0.1, 0.15) is 50.5 Å². The maximum absolute atomic E-state index is 13.7. The number of hydrazine groups is 1. The van der Waals surface area contributed by atoms with Gasteiger partial charge in [-0.25, -0.2) is 14.8 Å². The second kappa shape index (κ2) is 9.10. The van der Waals surface area contributed by atoms with Gasteiger partial charge >= 0.3 is 6.03 Å². The molecule has 0 radical (unpaired) electrons. The summed E-state index contributed by atoms with van der Waals surface area (Å²) in [6, 6.07) is 14.7. The fourth-order valence-electron chi connectivity index (χ4n) is 6.13. The number of methoxy groups -OCH3 is 1. The first-order chi connectivity index (χ1) is 16.5. The standard InChI is InChI=1S/C27H37N5O2/c1-30(2)27(22-10-5-4-6-11-22)15-13-26(14-16-27)20-32(25(33)31(26)19-21-8-7-9-21)29-23-12-17-28-24(18-23)34-3/h4-6,10-12,17-18,21H,7-9,13-16,19-20H2,1-3H3,(H,28,29). The minimum atomic E-state index is -0.134. The molecule has 2 saturated carbocycles. The Morgan fingerprint density at radius 2 is 1.85 bits per heavy atom. The predicted molar refractivity (Wildman–Crippen MR) is 134 cm³/mol. The van der Waals surface area contributed by atoms with Gasteiger partial charge in [0.25, 0.3) is 0 Å². The van der Waals surface area contributed by atoms with Crippen molar-refractivity contribution in [2.24, 2.45) is 5.92 Å². The monoisotopic (exact) mass is 463 g/mol. The van der Waals surface area contributed by atoms with Crippen LogP contribution in [0.15, 0.2) is 48.7 Å². The Kier molecular flexibility index (Phi) is 6.15. The third-order valence-corrected chi connectivity index (χ3v) is 8.54. The number of nitrogens with one attached hydrogen (secondary N) is 1. The van der Waals surface area contributed by atoms with Crippen molar-refractivity contribution in [3.05, 3.63) is 54.2 Å². The van der Waals surface area contributed by atoms with Crippen molar-refractivity contribution in [1.82, 2.24) is 19.8 Å². The van der Waals surface area contributed by atoms with Crippen molar-refractivity contribution in [3.8, 4) is 5.88 Å². The molecule has 1 saturated heterocycles. The summed E-state index contributed by atoms with van der Waals surface area (Å²) in [5.74, 6) is 1.17. The average Bonchev–Trinajstić information content (AvgIpc) is 3.07. The summed E-state index contributed by atoms with van der Waals surface area (Å²) in [5.41, 5.74) is 5.44. The number of nitrogens with zero attached hydrogens (tertiary/aromatic N) is 4. The van der Waals surface area contributed by atoms with Crippen LogP contribution in [-0.4, -0.2) is 65.7 Å². The number of urea groups is 1. The Hall–Kier alpha value is -2.80. The Morgan fingerprint density at radius 3 is 2.47 bits per heavy atom. The number of aromatic nitrogens is 1. The third-order valence-electron chi connectivity index (χ3n) is 8.54. The van der Waals surface area contributed by atoms with Gasteiger partial charge in [-0.15, -0.1) is 0 Å². The van der Waals surface area contributed by atoms with Gasteiger partial charge in [0.05, 0.1) is 24.9 Å². The van der Waals surface area contributed by atoms with Crippen molar-refractivity contribution < 1.29 is 9.53 Å². The lowest BCUT2D eigenvalue weighted by Gasteiger charge is -2.51. The normalized spacial score (nSPS) is 27.4. The van der Waals surface area contributed by atoms with Gasteiger partial charge in [0.1, 0.15) is 0 Å². The van der Waals surface area contributed by atoms with Crippen LogP contribution in [0.3, 0.4) is 0 Å².